The van der Waals surface area contributed by atoms with Crippen molar-refractivity contribution in [3.05, 3.63) is 21.6 Å². The number of halogens is 1. The summed E-state index contributed by atoms with van der Waals surface area (Å²) in [5.41, 5.74) is 0.246. The van der Waals surface area contributed by atoms with Crippen LogP contribution in [0.25, 0.3) is 0 Å². The highest BCUT2D eigenvalue weighted by Crippen LogP contribution is 2.18. The zero-order chi connectivity index (χ0) is 14.4. The standard InChI is InChI=1S/C13H22ClN3O2/c1-4-5-6-17-13(19)12(14)11(7-15-17)16-10(3)9(2)8-18/h7,9-10,16,18H,4-6,8H2,1-3H3. The van der Waals surface area contributed by atoms with E-state index in [0.717, 1.165) is 12.8 Å². The Morgan fingerprint density at radius 1 is 1.53 bits per heavy atom. The fourth-order valence-corrected chi connectivity index (χ4v) is 1.78. The molecule has 0 saturated carbocycles. The first kappa shape index (κ1) is 16.0. The Labute approximate surface area is 118 Å². The first-order chi connectivity index (χ1) is 9.01. The van der Waals surface area contributed by atoms with Crippen molar-refractivity contribution in [1.82, 2.24) is 9.78 Å². The van der Waals surface area contributed by atoms with Gasteiger partial charge < -0.3 is 10.4 Å². The van der Waals surface area contributed by atoms with Crippen LogP contribution in [0, 0.1) is 5.92 Å². The number of nitrogens with zero attached hydrogens (tertiary/aromatic N) is 2. The number of rotatable bonds is 7. The number of nitrogens with one attached hydrogen (secondary N) is 1. The van der Waals surface area contributed by atoms with E-state index in [1.165, 1.54) is 4.68 Å². The van der Waals surface area contributed by atoms with Crippen LogP contribution in [0.4, 0.5) is 5.69 Å². The summed E-state index contributed by atoms with van der Waals surface area (Å²) in [4.78, 5) is 12.0. The first-order valence-electron chi connectivity index (χ1n) is 6.64. The third kappa shape index (κ3) is 4.21. The summed E-state index contributed by atoms with van der Waals surface area (Å²) in [6.45, 7) is 6.56. The van der Waals surface area contributed by atoms with Gasteiger partial charge in [0.05, 0.1) is 11.9 Å². The molecule has 0 aliphatic rings. The van der Waals surface area contributed by atoms with Gasteiger partial charge in [-0.1, -0.05) is 31.9 Å². The van der Waals surface area contributed by atoms with Crippen molar-refractivity contribution in [2.24, 2.45) is 5.92 Å². The van der Waals surface area contributed by atoms with Crippen molar-refractivity contribution < 1.29 is 5.11 Å². The second-order valence-corrected chi connectivity index (χ2v) is 5.22. The maximum atomic E-state index is 12.0. The molecule has 1 aromatic rings. The molecule has 0 saturated heterocycles. The van der Waals surface area contributed by atoms with Crippen LogP contribution in [0.3, 0.4) is 0 Å². The number of unbranched alkanes of at least 4 members (excludes halogenated alkanes) is 1. The van der Waals surface area contributed by atoms with Gasteiger partial charge in [-0.2, -0.15) is 5.10 Å². The van der Waals surface area contributed by atoms with Gasteiger partial charge in [-0.05, 0) is 19.3 Å². The molecule has 1 aromatic heterocycles. The minimum absolute atomic E-state index is 0.00944. The van der Waals surface area contributed by atoms with Gasteiger partial charge in [-0.25, -0.2) is 4.68 Å². The Bertz CT molecular complexity index is 462. The smallest absolute Gasteiger partial charge is 0.287 e. The van der Waals surface area contributed by atoms with Crippen molar-refractivity contribution in [2.75, 3.05) is 11.9 Å². The van der Waals surface area contributed by atoms with Crippen LogP contribution < -0.4 is 10.9 Å². The van der Waals surface area contributed by atoms with Crippen LogP contribution in [0.15, 0.2) is 11.0 Å². The minimum atomic E-state index is -0.274. The van der Waals surface area contributed by atoms with Crippen LogP contribution in [0.1, 0.15) is 33.6 Å². The van der Waals surface area contributed by atoms with Gasteiger partial charge >= 0.3 is 0 Å². The maximum absolute atomic E-state index is 12.0. The number of aliphatic hydroxyl groups excluding tert-OH is 1. The van der Waals surface area contributed by atoms with Crippen molar-refractivity contribution in [3.63, 3.8) is 0 Å². The Balaban J connectivity index is 2.87. The fourth-order valence-electron chi connectivity index (χ4n) is 1.58. The predicted octanol–water partition coefficient (Wildman–Crippen LogP) is 2.13. The van der Waals surface area contributed by atoms with E-state index in [1.54, 1.807) is 6.20 Å². The lowest BCUT2D eigenvalue weighted by Crippen LogP contribution is -2.29. The molecule has 0 spiro atoms. The Morgan fingerprint density at radius 2 is 2.21 bits per heavy atom. The number of hydrogen-bond acceptors (Lipinski definition) is 4. The average Bonchev–Trinajstić information content (AvgIpc) is 2.42. The molecule has 0 fully saturated rings. The number of aryl methyl sites for hydroxylation is 1. The largest absolute Gasteiger partial charge is 0.396 e. The summed E-state index contributed by atoms with van der Waals surface area (Å²) in [6, 6.07) is 0.00944. The monoisotopic (exact) mass is 287 g/mol. The van der Waals surface area contributed by atoms with Crippen LogP contribution in [0.2, 0.25) is 5.02 Å². The molecular weight excluding hydrogens is 266 g/mol. The number of anilines is 1. The van der Waals surface area contributed by atoms with E-state index in [4.69, 9.17) is 16.7 Å². The highest BCUT2D eigenvalue weighted by Gasteiger charge is 2.15. The molecule has 2 unspecified atom stereocenters. The van der Waals surface area contributed by atoms with Gasteiger partial charge in [0.2, 0.25) is 0 Å². The fraction of sp³-hybridized carbons (Fsp3) is 0.692. The quantitative estimate of drug-likeness (QED) is 0.806. The molecule has 0 bridgehead atoms. The number of aromatic nitrogens is 2. The van der Waals surface area contributed by atoms with E-state index >= 15 is 0 Å². The van der Waals surface area contributed by atoms with E-state index in [1.807, 2.05) is 13.8 Å². The molecule has 2 atom stereocenters. The third-order valence-corrected chi connectivity index (χ3v) is 3.60. The molecular formula is C13H22ClN3O2. The Morgan fingerprint density at radius 3 is 2.79 bits per heavy atom. The van der Waals surface area contributed by atoms with Crippen LogP contribution in [-0.4, -0.2) is 27.5 Å². The third-order valence-electron chi connectivity index (χ3n) is 3.23. The zero-order valence-corrected chi connectivity index (χ0v) is 12.4. The highest BCUT2D eigenvalue weighted by molar-refractivity contribution is 6.32. The summed E-state index contributed by atoms with van der Waals surface area (Å²) in [7, 11) is 0. The van der Waals surface area contributed by atoms with Gasteiger partial charge in [0.1, 0.15) is 5.02 Å². The molecule has 19 heavy (non-hydrogen) atoms. The Kier molecular flexibility index (Phi) is 6.31. The van der Waals surface area contributed by atoms with E-state index in [-0.39, 0.29) is 29.1 Å². The number of aliphatic hydroxyl groups is 1. The highest BCUT2D eigenvalue weighted by atomic mass is 35.5. The molecule has 1 heterocycles. The van der Waals surface area contributed by atoms with Gasteiger partial charge in [-0.3, -0.25) is 4.79 Å². The Hall–Kier alpha value is -1.07. The normalized spacial score (nSPS) is 14.2. The van der Waals surface area contributed by atoms with E-state index in [0.29, 0.717) is 12.2 Å². The molecule has 2 N–H and O–H groups in total. The van der Waals surface area contributed by atoms with Gasteiger partial charge in [0.15, 0.2) is 0 Å². The van der Waals surface area contributed by atoms with Crippen molar-refractivity contribution >= 4 is 17.3 Å². The van der Waals surface area contributed by atoms with Gasteiger partial charge in [0, 0.05) is 19.2 Å². The van der Waals surface area contributed by atoms with Gasteiger partial charge in [0.25, 0.3) is 5.56 Å². The second-order valence-electron chi connectivity index (χ2n) is 4.85. The zero-order valence-electron chi connectivity index (χ0n) is 11.7. The summed E-state index contributed by atoms with van der Waals surface area (Å²) < 4.78 is 1.39. The van der Waals surface area contributed by atoms with E-state index in [2.05, 4.69) is 17.3 Å². The lowest BCUT2D eigenvalue weighted by molar-refractivity contribution is 0.226. The van der Waals surface area contributed by atoms with Crippen LogP contribution in [-0.2, 0) is 6.54 Å². The summed E-state index contributed by atoms with van der Waals surface area (Å²) in [5.74, 6) is 0.0681. The van der Waals surface area contributed by atoms with Crippen molar-refractivity contribution in [1.29, 1.82) is 0 Å². The lowest BCUT2D eigenvalue weighted by atomic mass is 10.1. The maximum Gasteiger partial charge on any atom is 0.287 e. The lowest BCUT2D eigenvalue weighted by Gasteiger charge is -2.21. The minimum Gasteiger partial charge on any atom is -0.396 e. The van der Waals surface area contributed by atoms with E-state index < -0.39 is 0 Å². The SMILES string of the molecule is CCCCn1ncc(NC(C)C(C)CO)c(Cl)c1=O. The molecule has 6 heteroatoms. The molecule has 0 radical (unpaired) electrons. The molecule has 5 nitrogen and oxygen atoms in total. The van der Waals surface area contributed by atoms with Crippen molar-refractivity contribution in [3.8, 4) is 0 Å². The molecule has 0 aromatic carbocycles. The predicted molar refractivity (Wildman–Crippen MR) is 77.7 cm³/mol. The summed E-state index contributed by atoms with van der Waals surface area (Å²) in [5, 5.41) is 16.5. The summed E-state index contributed by atoms with van der Waals surface area (Å²) in [6.07, 6.45) is 3.46. The molecule has 108 valence electrons. The molecule has 0 amide bonds. The first-order valence-corrected chi connectivity index (χ1v) is 7.02. The van der Waals surface area contributed by atoms with Gasteiger partial charge in [-0.15, -0.1) is 0 Å². The average molecular weight is 288 g/mol. The number of hydrogen-bond donors (Lipinski definition) is 2. The second kappa shape index (κ2) is 7.50. The van der Waals surface area contributed by atoms with Crippen molar-refractivity contribution in [2.45, 2.75) is 46.2 Å². The molecule has 0 aliphatic carbocycles. The van der Waals surface area contributed by atoms with Crippen LogP contribution in [0.5, 0.6) is 0 Å². The topological polar surface area (TPSA) is 67.2 Å². The molecule has 0 aliphatic heterocycles. The molecule has 1 rings (SSSR count). The summed E-state index contributed by atoms with van der Waals surface area (Å²) >= 11 is 6.07. The van der Waals surface area contributed by atoms with Crippen LogP contribution >= 0.6 is 11.6 Å². The van der Waals surface area contributed by atoms with E-state index in [9.17, 15) is 4.79 Å².